The Bertz CT molecular complexity index is 518. The second-order valence-electron chi connectivity index (χ2n) is 10.7. The van der Waals surface area contributed by atoms with Crippen LogP contribution in [0.15, 0.2) is 0 Å². The monoisotopic (exact) mass is 374 g/mol. The smallest absolute Gasteiger partial charge is 0.277 e. The molecule has 0 atom stereocenters. The molecule has 6 nitrogen and oxygen atoms in total. The van der Waals surface area contributed by atoms with Gasteiger partial charge in [0.15, 0.2) is 0 Å². The van der Waals surface area contributed by atoms with Gasteiger partial charge in [0.05, 0.1) is 0 Å². The second kappa shape index (κ2) is 6.44. The average Bonchev–Trinajstić information content (AvgIpc) is 2.15. The Morgan fingerprint density at radius 2 is 0.880 bits per heavy atom. The van der Waals surface area contributed by atoms with Crippen LogP contribution >= 0.6 is 0 Å². The van der Waals surface area contributed by atoms with Crippen molar-refractivity contribution in [2.45, 2.75) is 115 Å². The van der Waals surface area contributed by atoms with Gasteiger partial charge in [-0.2, -0.15) is 17.9 Å². The summed E-state index contributed by atoms with van der Waals surface area (Å²) >= 11 is 0. The van der Waals surface area contributed by atoms with Crippen LogP contribution in [0, 0.1) is 0 Å². The number of hydrogen-bond acceptors (Lipinski definition) is 4. The first-order valence-electron chi connectivity index (χ1n) is 9.37. The van der Waals surface area contributed by atoms with Crippen LogP contribution in [0.5, 0.6) is 0 Å². The summed E-state index contributed by atoms with van der Waals surface area (Å²) in [5.74, 6) is 0. The Morgan fingerprint density at radius 3 is 1.12 bits per heavy atom. The number of hydrogen-bond donors (Lipinski definition) is 4. The van der Waals surface area contributed by atoms with E-state index in [2.05, 4.69) is 75.5 Å². The fourth-order valence-corrected chi connectivity index (χ4v) is 6.56. The molecule has 0 aromatic carbocycles. The summed E-state index contributed by atoms with van der Waals surface area (Å²) < 4.78 is 31.3. The Balaban J connectivity index is 2.04. The van der Waals surface area contributed by atoms with Gasteiger partial charge in [0, 0.05) is 34.2 Å². The van der Waals surface area contributed by atoms with Crippen LogP contribution in [0.1, 0.15) is 81.1 Å². The Kier molecular flexibility index (Phi) is 5.44. The molecule has 0 aromatic rings. The lowest BCUT2D eigenvalue weighted by Crippen LogP contribution is -2.65. The largest absolute Gasteiger partial charge is 0.307 e. The molecule has 148 valence electrons. The lowest BCUT2D eigenvalue weighted by atomic mass is 9.80. The highest BCUT2D eigenvalue weighted by atomic mass is 32.2. The molecule has 0 spiro atoms. The minimum Gasteiger partial charge on any atom is -0.307 e. The molecule has 2 aliphatic heterocycles. The first-order chi connectivity index (χ1) is 11.0. The normalized spacial score (nSPS) is 29.4. The van der Waals surface area contributed by atoms with Gasteiger partial charge in [-0.3, -0.25) is 0 Å². The van der Waals surface area contributed by atoms with E-state index in [9.17, 15) is 8.42 Å². The first-order valence-corrected chi connectivity index (χ1v) is 10.8. The lowest BCUT2D eigenvalue weighted by molar-refractivity contribution is 0.152. The quantitative estimate of drug-likeness (QED) is 0.607. The SMILES string of the molecule is CC1(C)CC(NS(=O)(=O)NC2CC(C)(C)NC(C)(C)C2)CC(C)(C)N1. The van der Waals surface area contributed by atoms with Crippen LogP contribution in [-0.4, -0.2) is 42.7 Å². The lowest BCUT2D eigenvalue weighted by Gasteiger charge is -2.47. The third kappa shape index (κ3) is 6.47. The Hall–Kier alpha value is -0.210. The van der Waals surface area contributed by atoms with E-state index in [1.165, 1.54) is 0 Å². The molecule has 2 fully saturated rings. The van der Waals surface area contributed by atoms with Crippen molar-refractivity contribution in [3.63, 3.8) is 0 Å². The molecule has 2 aliphatic rings. The summed E-state index contributed by atoms with van der Waals surface area (Å²) in [6.45, 7) is 17.0. The summed E-state index contributed by atoms with van der Waals surface area (Å²) in [6, 6.07) is -0.127. The molecule has 25 heavy (non-hydrogen) atoms. The standard InChI is InChI=1S/C18H38N4O2S/c1-15(2)9-13(10-16(3,4)21-15)19-25(23,24)20-14-11-17(5,6)22-18(7,8)12-14/h13-14,19-22H,9-12H2,1-8H3. The first kappa shape index (κ1) is 21.1. The van der Waals surface area contributed by atoms with E-state index in [0.717, 1.165) is 25.7 Å². The maximum atomic E-state index is 12.7. The summed E-state index contributed by atoms with van der Waals surface area (Å²) in [4.78, 5) is 0. The summed E-state index contributed by atoms with van der Waals surface area (Å²) in [7, 11) is -3.54. The van der Waals surface area contributed by atoms with Gasteiger partial charge in [0.25, 0.3) is 10.2 Å². The van der Waals surface area contributed by atoms with Crippen molar-refractivity contribution in [1.82, 2.24) is 20.1 Å². The van der Waals surface area contributed by atoms with E-state index in [1.807, 2.05) is 0 Å². The summed E-state index contributed by atoms with van der Waals surface area (Å²) in [5, 5.41) is 7.17. The average molecular weight is 375 g/mol. The van der Waals surface area contributed by atoms with Gasteiger partial charge < -0.3 is 10.6 Å². The van der Waals surface area contributed by atoms with Gasteiger partial charge in [-0.05, 0) is 81.1 Å². The van der Waals surface area contributed by atoms with Crippen LogP contribution in [0.25, 0.3) is 0 Å². The molecule has 0 unspecified atom stereocenters. The predicted molar refractivity (Wildman–Crippen MR) is 104 cm³/mol. The van der Waals surface area contributed by atoms with Crippen molar-refractivity contribution in [2.75, 3.05) is 0 Å². The Morgan fingerprint density at radius 1 is 0.640 bits per heavy atom. The van der Waals surface area contributed by atoms with Gasteiger partial charge >= 0.3 is 0 Å². The molecule has 2 saturated heterocycles. The molecule has 0 radical (unpaired) electrons. The fourth-order valence-electron chi connectivity index (χ4n) is 5.28. The van der Waals surface area contributed by atoms with E-state index in [-0.39, 0.29) is 34.2 Å². The zero-order chi connectivity index (χ0) is 19.3. The van der Waals surface area contributed by atoms with Crippen LogP contribution in [-0.2, 0) is 10.2 Å². The van der Waals surface area contributed by atoms with Gasteiger partial charge in [-0.1, -0.05) is 0 Å². The van der Waals surface area contributed by atoms with Gasteiger partial charge in [0.2, 0.25) is 0 Å². The Labute approximate surface area is 154 Å². The fraction of sp³-hybridized carbons (Fsp3) is 1.00. The molecule has 0 aromatic heterocycles. The van der Waals surface area contributed by atoms with Gasteiger partial charge in [-0.15, -0.1) is 0 Å². The minimum absolute atomic E-state index is 0.0634. The van der Waals surface area contributed by atoms with Crippen LogP contribution in [0.3, 0.4) is 0 Å². The second-order valence-corrected chi connectivity index (χ2v) is 12.2. The number of nitrogens with one attached hydrogen (secondary N) is 4. The van der Waals surface area contributed by atoms with E-state index in [4.69, 9.17) is 0 Å². The van der Waals surface area contributed by atoms with Crippen molar-refractivity contribution in [3.05, 3.63) is 0 Å². The molecular weight excluding hydrogens is 336 g/mol. The van der Waals surface area contributed by atoms with Crippen molar-refractivity contribution >= 4 is 10.2 Å². The maximum absolute atomic E-state index is 12.7. The molecule has 2 rings (SSSR count). The molecule has 7 heteroatoms. The minimum atomic E-state index is -3.54. The number of piperidine rings is 2. The van der Waals surface area contributed by atoms with Crippen LogP contribution in [0.2, 0.25) is 0 Å². The van der Waals surface area contributed by atoms with Crippen molar-refractivity contribution in [2.24, 2.45) is 0 Å². The molecule has 4 N–H and O–H groups in total. The van der Waals surface area contributed by atoms with Crippen molar-refractivity contribution < 1.29 is 8.42 Å². The van der Waals surface area contributed by atoms with E-state index >= 15 is 0 Å². The highest BCUT2D eigenvalue weighted by Crippen LogP contribution is 2.30. The zero-order valence-corrected chi connectivity index (χ0v) is 18.0. The number of rotatable bonds is 4. The van der Waals surface area contributed by atoms with Crippen LogP contribution in [0.4, 0.5) is 0 Å². The zero-order valence-electron chi connectivity index (χ0n) is 17.2. The highest BCUT2D eigenvalue weighted by molar-refractivity contribution is 7.87. The van der Waals surface area contributed by atoms with E-state index in [0.29, 0.717) is 0 Å². The van der Waals surface area contributed by atoms with Crippen molar-refractivity contribution in [3.8, 4) is 0 Å². The summed E-state index contributed by atoms with van der Waals surface area (Å²) in [6.07, 6.45) is 3.11. The maximum Gasteiger partial charge on any atom is 0.277 e. The van der Waals surface area contributed by atoms with Crippen molar-refractivity contribution in [1.29, 1.82) is 0 Å². The topological polar surface area (TPSA) is 82.3 Å². The molecule has 0 saturated carbocycles. The van der Waals surface area contributed by atoms with E-state index < -0.39 is 10.2 Å². The molecule has 0 bridgehead atoms. The predicted octanol–water partition coefficient (Wildman–Crippen LogP) is 2.03. The van der Waals surface area contributed by atoms with Gasteiger partial charge in [0.1, 0.15) is 0 Å². The molecular formula is C18H38N4O2S. The summed E-state index contributed by atoms with van der Waals surface area (Å²) in [5.41, 5.74) is -0.358. The van der Waals surface area contributed by atoms with Crippen LogP contribution < -0.4 is 20.1 Å². The van der Waals surface area contributed by atoms with Gasteiger partial charge in [-0.25, -0.2) is 0 Å². The van der Waals surface area contributed by atoms with E-state index in [1.54, 1.807) is 0 Å². The molecule has 2 heterocycles. The molecule has 0 aliphatic carbocycles. The third-order valence-electron chi connectivity index (χ3n) is 5.02. The third-order valence-corrected chi connectivity index (χ3v) is 6.31. The highest BCUT2D eigenvalue weighted by Gasteiger charge is 2.41. The molecule has 0 amide bonds.